The Morgan fingerprint density at radius 1 is 0.957 bits per heavy atom. The summed E-state index contributed by atoms with van der Waals surface area (Å²) in [7, 11) is 0. The first-order valence-electron chi connectivity index (χ1n) is 9.92. The van der Waals surface area contributed by atoms with Gasteiger partial charge in [0.05, 0.1) is 0 Å². The van der Waals surface area contributed by atoms with E-state index in [0.717, 1.165) is 17.8 Å². The topological polar surface area (TPSA) is 0 Å². The predicted molar refractivity (Wildman–Crippen MR) is 99.2 cm³/mol. The molecule has 4 aliphatic carbocycles. The molecule has 0 nitrogen and oxygen atoms in total. The third-order valence-electron chi connectivity index (χ3n) is 8.47. The molecule has 0 aromatic carbocycles. The van der Waals surface area contributed by atoms with Crippen molar-refractivity contribution >= 4 is 0 Å². The number of rotatable bonds is 0. The van der Waals surface area contributed by atoms with Crippen LogP contribution < -0.4 is 0 Å². The lowest BCUT2D eigenvalue weighted by Gasteiger charge is -2.57. The van der Waals surface area contributed by atoms with Crippen LogP contribution in [-0.2, 0) is 0 Å². The van der Waals surface area contributed by atoms with Crippen LogP contribution in [0.5, 0.6) is 0 Å². The molecule has 4 aliphatic rings. The molecule has 0 bridgehead atoms. The zero-order valence-electron chi connectivity index (χ0n) is 15.7. The normalized spacial score (nSPS) is 45.9. The van der Waals surface area contributed by atoms with Crippen molar-refractivity contribution in [3.8, 4) is 0 Å². The summed E-state index contributed by atoms with van der Waals surface area (Å²) in [6, 6.07) is 0. The Kier molecular flexibility index (Phi) is 3.49. The molecule has 126 valence electrons. The number of allylic oxidation sites excluding steroid dienone is 5. The minimum atomic E-state index is 0.485. The van der Waals surface area contributed by atoms with Crippen LogP contribution in [0.2, 0.25) is 0 Å². The second-order valence-electron chi connectivity index (χ2n) is 9.63. The van der Waals surface area contributed by atoms with Crippen molar-refractivity contribution < 1.29 is 0 Å². The van der Waals surface area contributed by atoms with Crippen LogP contribution in [0.3, 0.4) is 0 Å². The monoisotopic (exact) mass is 310 g/mol. The maximum absolute atomic E-state index is 4.25. The zero-order chi connectivity index (χ0) is 16.4. The Morgan fingerprint density at radius 2 is 1.70 bits per heavy atom. The van der Waals surface area contributed by atoms with Crippen molar-refractivity contribution in [2.75, 3.05) is 0 Å². The molecule has 5 atom stereocenters. The molecule has 3 saturated carbocycles. The highest BCUT2D eigenvalue weighted by molar-refractivity contribution is 5.35. The van der Waals surface area contributed by atoms with Gasteiger partial charge in [0.25, 0.3) is 0 Å². The predicted octanol–water partition coefficient (Wildman–Crippen LogP) is 6.84. The average molecular weight is 311 g/mol. The van der Waals surface area contributed by atoms with Crippen molar-refractivity contribution in [2.45, 2.75) is 79.1 Å². The molecule has 3 fully saturated rings. The van der Waals surface area contributed by atoms with Gasteiger partial charge in [0, 0.05) is 0 Å². The van der Waals surface area contributed by atoms with Gasteiger partial charge >= 0.3 is 0 Å². The second kappa shape index (κ2) is 5.11. The average Bonchev–Trinajstić information content (AvgIpc) is 2.85. The van der Waals surface area contributed by atoms with E-state index < -0.39 is 0 Å². The molecule has 23 heavy (non-hydrogen) atoms. The maximum Gasteiger partial charge on any atom is -0.00790 e. The van der Waals surface area contributed by atoms with Gasteiger partial charge in [0.1, 0.15) is 0 Å². The van der Waals surface area contributed by atoms with Crippen molar-refractivity contribution in [3.63, 3.8) is 0 Å². The Balaban J connectivity index is 1.70. The largest absolute Gasteiger partial charge is 0.0958 e. The van der Waals surface area contributed by atoms with E-state index in [-0.39, 0.29) is 0 Å². The SMILES string of the molecule is C=C1C=C2CCC3C(CCC4(C)C(=C(C)C)CCC34)C2(C)CC1. The third-order valence-corrected chi connectivity index (χ3v) is 8.47. The van der Waals surface area contributed by atoms with E-state index in [1.54, 1.807) is 11.1 Å². The first kappa shape index (κ1) is 15.7. The van der Waals surface area contributed by atoms with Gasteiger partial charge in [-0.1, -0.05) is 48.8 Å². The van der Waals surface area contributed by atoms with Gasteiger partial charge in [0.15, 0.2) is 0 Å². The third kappa shape index (κ3) is 2.09. The van der Waals surface area contributed by atoms with E-state index in [1.165, 1.54) is 56.9 Å². The maximum atomic E-state index is 4.25. The molecular weight excluding hydrogens is 276 g/mol. The summed E-state index contributed by atoms with van der Waals surface area (Å²) in [5.41, 5.74) is 7.58. The van der Waals surface area contributed by atoms with E-state index in [9.17, 15) is 0 Å². The van der Waals surface area contributed by atoms with E-state index in [2.05, 4.69) is 40.3 Å². The Hall–Kier alpha value is -0.780. The van der Waals surface area contributed by atoms with Crippen LogP contribution in [0.1, 0.15) is 79.1 Å². The van der Waals surface area contributed by atoms with E-state index in [1.807, 2.05) is 5.57 Å². The van der Waals surface area contributed by atoms with Crippen molar-refractivity contribution in [2.24, 2.45) is 28.6 Å². The van der Waals surface area contributed by atoms with Gasteiger partial charge in [-0.3, -0.25) is 0 Å². The summed E-state index contributed by atoms with van der Waals surface area (Å²) in [4.78, 5) is 0. The summed E-state index contributed by atoms with van der Waals surface area (Å²) >= 11 is 0. The minimum Gasteiger partial charge on any atom is -0.0958 e. The first-order chi connectivity index (χ1) is 10.9. The Labute approximate surface area is 143 Å². The zero-order valence-corrected chi connectivity index (χ0v) is 15.7. The fourth-order valence-corrected chi connectivity index (χ4v) is 7.28. The van der Waals surface area contributed by atoms with Gasteiger partial charge in [-0.2, -0.15) is 0 Å². The molecule has 0 radical (unpaired) electrons. The molecule has 0 aromatic rings. The summed E-state index contributed by atoms with van der Waals surface area (Å²) in [5, 5.41) is 0. The van der Waals surface area contributed by atoms with Crippen molar-refractivity contribution in [1.29, 1.82) is 0 Å². The quantitative estimate of drug-likeness (QED) is 0.429. The van der Waals surface area contributed by atoms with Crippen LogP contribution in [-0.4, -0.2) is 0 Å². The summed E-state index contributed by atoms with van der Waals surface area (Å²) in [5.74, 6) is 2.86. The van der Waals surface area contributed by atoms with Crippen molar-refractivity contribution in [3.05, 3.63) is 34.9 Å². The van der Waals surface area contributed by atoms with Crippen LogP contribution >= 0.6 is 0 Å². The fourth-order valence-electron chi connectivity index (χ4n) is 7.28. The molecule has 0 amide bonds. The first-order valence-corrected chi connectivity index (χ1v) is 9.92. The van der Waals surface area contributed by atoms with Gasteiger partial charge < -0.3 is 0 Å². The van der Waals surface area contributed by atoms with E-state index >= 15 is 0 Å². The molecule has 0 aliphatic heterocycles. The molecule has 0 spiro atoms. The minimum absolute atomic E-state index is 0.485. The highest BCUT2D eigenvalue weighted by Gasteiger charge is 2.57. The second-order valence-corrected chi connectivity index (χ2v) is 9.63. The van der Waals surface area contributed by atoms with E-state index in [0.29, 0.717) is 10.8 Å². The van der Waals surface area contributed by atoms with Crippen LogP contribution in [0, 0.1) is 28.6 Å². The number of hydrogen-bond acceptors (Lipinski definition) is 0. The molecule has 0 heteroatoms. The fraction of sp³-hybridized carbons (Fsp3) is 0.739. The standard InChI is InChI=1S/C23H34/c1-15(2)19-8-9-20-18-7-6-17-14-16(3)10-12-22(17,4)21(18)11-13-23(19,20)5/h14,18,20-21H,3,6-13H2,1-2,4-5H3. The smallest absolute Gasteiger partial charge is 0.00790 e. The molecule has 5 unspecified atom stereocenters. The van der Waals surface area contributed by atoms with Gasteiger partial charge in [-0.15, -0.1) is 0 Å². The summed E-state index contributed by atoms with van der Waals surface area (Å²) in [6.45, 7) is 14.2. The molecule has 0 N–H and O–H groups in total. The molecular formula is C23H34. The number of fused-ring (bicyclic) bond motifs is 5. The lowest BCUT2D eigenvalue weighted by atomic mass is 9.47. The lowest BCUT2D eigenvalue weighted by molar-refractivity contribution is -0.0240. The van der Waals surface area contributed by atoms with Crippen LogP contribution in [0.25, 0.3) is 0 Å². The highest BCUT2D eigenvalue weighted by atomic mass is 14.6. The highest BCUT2D eigenvalue weighted by Crippen LogP contribution is 2.67. The van der Waals surface area contributed by atoms with Gasteiger partial charge in [-0.25, -0.2) is 0 Å². The van der Waals surface area contributed by atoms with Gasteiger partial charge in [0.2, 0.25) is 0 Å². The Bertz CT molecular complexity index is 600. The molecule has 0 aromatic heterocycles. The summed E-state index contributed by atoms with van der Waals surface area (Å²) < 4.78 is 0. The van der Waals surface area contributed by atoms with Gasteiger partial charge in [-0.05, 0) is 93.8 Å². The van der Waals surface area contributed by atoms with Crippen LogP contribution in [0.4, 0.5) is 0 Å². The lowest BCUT2D eigenvalue weighted by Crippen LogP contribution is -2.49. The van der Waals surface area contributed by atoms with Crippen molar-refractivity contribution in [1.82, 2.24) is 0 Å². The number of hydrogen-bond donors (Lipinski definition) is 0. The molecule has 0 heterocycles. The summed E-state index contributed by atoms with van der Waals surface area (Å²) in [6.07, 6.45) is 13.6. The van der Waals surface area contributed by atoms with E-state index in [4.69, 9.17) is 0 Å². The molecule has 4 rings (SSSR count). The molecule has 0 saturated heterocycles. The Morgan fingerprint density at radius 3 is 2.43 bits per heavy atom. The van der Waals surface area contributed by atoms with Crippen LogP contribution in [0.15, 0.2) is 34.9 Å².